The van der Waals surface area contributed by atoms with Crippen molar-refractivity contribution in [3.63, 3.8) is 0 Å². The van der Waals surface area contributed by atoms with Gasteiger partial charge < -0.3 is 5.32 Å². The molecule has 1 N–H and O–H groups in total. The normalized spacial score (nSPS) is 23.2. The lowest BCUT2D eigenvalue weighted by molar-refractivity contribution is 0.168. The number of halogens is 1. The van der Waals surface area contributed by atoms with Crippen LogP contribution in [0.25, 0.3) is 0 Å². The highest BCUT2D eigenvalue weighted by molar-refractivity contribution is 9.10. The van der Waals surface area contributed by atoms with Crippen molar-refractivity contribution in [2.24, 2.45) is 0 Å². The number of aryl methyl sites for hydroxylation is 2. The van der Waals surface area contributed by atoms with Crippen molar-refractivity contribution in [3.8, 4) is 0 Å². The molecule has 120 valence electrons. The Labute approximate surface area is 137 Å². The van der Waals surface area contributed by atoms with Crippen LogP contribution in [0.2, 0.25) is 0 Å². The van der Waals surface area contributed by atoms with Gasteiger partial charge in [-0.2, -0.15) is 5.10 Å². The molecule has 1 saturated heterocycles. The predicted molar refractivity (Wildman–Crippen MR) is 91.5 cm³/mol. The van der Waals surface area contributed by atoms with Crippen LogP contribution in [0.1, 0.15) is 52.4 Å². The highest BCUT2D eigenvalue weighted by Gasteiger charge is 2.29. The van der Waals surface area contributed by atoms with Crippen molar-refractivity contribution in [1.82, 2.24) is 20.0 Å². The van der Waals surface area contributed by atoms with Gasteiger partial charge in [0.25, 0.3) is 0 Å². The second-order valence-corrected chi connectivity index (χ2v) is 7.52. The molecule has 2 heterocycles. The molecule has 1 aliphatic rings. The third-order valence-corrected chi connectivity index (χ3v) is 5.35. The van der Waals surface area contributed by atoms with Crippen LogP contribution in [0.4, 0.5) is 0 Å². The van der Waals surface area contributed by atoms with Gasteiger partial charge in [0, 0.05) is 31.2 Å². The first kappa shape index (κ1) is 17.0. The van der Waals surface area contributed by atoms with E-state index in [0.717, 1.165) is 32.6 Å². The summed E-state index contributed by atoms with van der Waals surface area (Å²) in [5.41, 5.74) is 2.66. The van der Waals surface area contributed by atoms with E-state index in [9.17, 15) is 0 Å². The fourth-order valence-corrected chi connectivity index (χ4v) is 3.78. The number of hydrogen-bond acceptors (Lipinski definition) is 3. The lowest BCUT2D eigenvalue weighted by atomic mass is 10.1. The SMILES string of the molecule is CCc1nn(CC)c(CN2CC(C)(C)NCCC2C)c1Br. The van der Waals surface area contributed by atoms with Crippen LogP contribution in [-0.4, -0.2) is 39.4 Å². The molecule has 1 unspecified atom stereocenters. The number of nitrogens with one attached hydrogen (secondary N) is 1. The quantitative estimate of drug-likeness (QED) is 0.899. The van der Waals surface area contributed by atoms with Gasteiger partial charge in [-0.25, -0.2) is 0 Å². The van der Waals surface area contributed by atoms with E-state index in [0.29, 0.717) is 6.04 Å². The monoisotopic (exact) mass is 356 g/mol. The van der Waals surface area contributed by atoms with Gasteiger partial charge >= 0.3 is 0 Å². The minimum Gasteiger partial charge on any atom is -0.310 e. The molecule has 2 rings (SSSR count). The summed E-state index contributed by atoms with van der Waals surface area (Å²) in [6, 6.07) is 0.594. The fourth-order valence-electron chi connectivity index (χ4n) is 3.09. The zero-order valence-corrected chi connectivity index (χ0v) is 15.6. The molecule has 0 bridgehead atoms. The molecule has 1 aromatic rings. The summed E-state index contributed by atoms with van der Waals surface area (Å²) in [5, 5.41) is 8.38. The summed E-state index contributed by atoms with van der Waals surface area (Å²) in [6.45, 7) is 15.3. The van der Waals surface area contributed by atoms with Crippen LogP contribution in [0.3, 0.4) is 0 Å². The maximum absolute atomic E-state index is 4.72. The summed E-state index contributed by atoms with van der Waals surface area (Å²) in [6.07, 6.45) is 2.17. The average Bonchev–Trinajstić information content (AvgIpc) is 2.66. The van der Waals surface area contributed by atoms with E-state index >= 15 is 0 Å². The molecule has 4 nitrogen and oxygen atoms in total. The third kappa shape index (κ3) is 3.88. The van der Waals surface area contributed by atoms with Gasteiger partial charge in [-0.1, -0.05) is 6.92 Å². The maximum atomic E-state index is 4.72. The Kier molecular flexibility index (Phi) is 5.49. The molecule has 0 spiro atoms. The van der Waals surface area contributed by atoms with Crippen LogP contribution < -0.4 is 5.32 Å². The number of aromatic nitrogens is 2. The van der Waals surface area contributed by atoms with Crippen molar-refractivity contribution in [2.45, 2.75) is 72.1 Å². The molecule has 0 saturated carbocycles. The minimum absolute atomic E-state index is 0.169. The molecule has 21 heavy (non-hydrogen) atoms. The first-order valence-electron chi connectivity index (χ1n) is 8.11. The van der Waals surface area contributed by atoms with Crippen molar-refractivity contribution in [2.75, 3.05) is 13.1 Å². The summed E-state index contributed by atoms with van der Waals surface area (Å²) < 4.78 is 3.36. The number of rotatable bonds is 4. The second kappa shape index (κ2) is 6.80. The first-order chi connectivity index (χ1) is 9.88. The molecule has 0 aliphatic carbocycles. The van der Waals surface area contributed by atoms with Gasteiger partial charge in [-0.05, 0) is 63.0 Å². The highest BCUT2D eigenvalue weighted by atomic mass is 79.9. The lowest BCUT2D eigenvalue weighted by Crippen LogP contribution is -2.47. The molecule has 1 fully saturated rings. The van der Waals surface area contributed by atoms with Gasteiger partial charge in [-0.3, -0.25) is 9.58 Å². The van der Waals surface area contributed by atoms with Gasteiger partial charge in [0.1, 0.15) is 0 Å². The topological polar surface area (TPSA) is 33.1 Å². The molecular formula is C16H29BrN4. The van der Waals surface area contributed by atoms with Gasteiger partial charge in [-0.15, -0.1) is 0 Å². The van der Waals surface area contributed by atoms with Crippen LogP contribution in [0.5, 0.6) is 0 Å². The standard InChI is InChI=1S/C16H29BrN4/c1-6-13-15(17)14(21(7-2)19-13)10-20-11-16(4,5)18-9-8-12(20)3/h12,18H,6-11H2,1-5H3. The smallest absolute Gasteiger partial charge is 0.0767 e. The Bertz CT molecular complexity index is 481. The molecule has 0 amide bonds. The van der Waals surface area contributed by atoms with Crippen LogP contribution in [-0.2, 0) is 19.5 Å². The van der Waals surface area contributed by atoms with E-state index in [2.05, 4.69) is 65.4 Å². The Morgan fingerprint density at radius 1 is 1.38 bits per heavy atom. The van der Waals surface area contributed by atoms with Crippen LogP contribution in [0.15, 0.2) is 4.47 Å². The van der Waals surface area contributed by atoms with Crippen molar-refractivity contribution < 1.29 is 0 Å². The third-order valence-electron chi connectivity index (χ3n) is 4.43. The van der Waals surface area contributed by atoms with Crippen molar-refractivity contribution in [3.05, 3.63) is 15.9 Å². The first-order valence-corrected chi connectivity index (χ1v) is 8.90. The van der Waals surface area contributed by atoms with Crippen LogP contribution >= 0.6 is 15.9 Å². The predicted octanol–water partition coefficient (Wildman–Crippen LogP) is 3.19. The Hall–Kier alpha value is -0.390. The van der Waals surface area contributed by atoms with E-state index in [1.165, 1.54) is 22.3 Å². The molecule has 1 aliphatic heterocycles. The fraction of sp³-hybridized carbons (Fsp3) is 0.812. The summed E-state index contributed by atoms with van der Waals surface area (Å²) in [5.74, 6) is 0. The van der Waals surface area contributed by atoms with Gasteiger partial charge in [0.2, 0.25) is 0 Å². The summed E-state index contributed by atoms with van der Waals surface area (Å²) >= 11 is 3.77. The Balaban J connectivity index is 2.25. The highest BCUT2D eigenvalue weighted by Crippen LogP contribution is 2.26. The average molecular weight is 357 g/mol. The minimum atomic E-state index is 0.169. The van der Waals surface area contributed by atoms with E-state index < -0.39 is 0 Å². The molecular weight excluding hydrogens is 328 g/mol. The number of nitrogens with zero attached hydrogens (tertiary/aromatic N) is 3. The van der Waals surface area contributed by atoms with Crippen molar-refractivity contribution >= 4 is 15.9 Å². The zero-order chi connectivity index (χ0) is 15.6. The van der Waals surface area contributed by atoms with Crippen LogP contribution in [0, 0.1) is 0 Å². The number of hydrogen-bond donors (Lipinski definition) is 1. The van der Waals surface area contributed by atoms with Gasteiger partial charge in [0.15, 0.2) is 0 Å². The van der Waals surface area contributed by atoms with E-state index in [4.69, 9.17) is 5.10 Å². The van der Waals surface area contributed by atoms with E-state index in [1.807, 2.05) is 0 Å². The molecule has 1 atom stereocenters. The molecule has 0 radical (unpaired) electrons. The molecule has 0 aromatic carbocycles. The largest absolute Gasteiger partial charge is 0.310 e. The van der Waals surface area contributed by atoms with Gasteiger partial charge in [0.05, 0.1) is 15.9 Å². The lowest BCUT2D eigenvalue weighted by Gasteiger charge is -2.33. The Morgan fingerprint density at radius 2 is 2.10 bits per heavy atom. The van der Waals surface area contributed by atoms with Crippen molar-refractivity contribution in [1.29, 1.82) is 0 Å². The second-order valence-electron chi connectivity index (χ2n) is 6.73. The molecule has 1 aromatic heterocycles. The zero-order valence-electron chi connectivity index (χ0n) is 14.0. The Morgan fingerprint density at radius 3 is 2.71 bits per heavy atom. The summed E-state index contributed by atoms with van der Waals surface area (Å²) in [7, 11) is 0. The van der Waals surface area contributed by atoms with E-state index in [-0.39, 0.29) is 5.54 Å². The maximum Gasteiger partial charge on any atom is 0.0767 e. The van der Waals surface area contributed by atoms with E-state index in [1.54, 1.807) is 0 Å². The summed E-state index contributed by atoms with van der Waals surface area (Å²) in [4.78, 5) is 2.59. The molecule has 5 heteroatoms.